The van der Waals surface area contributed by atoms with Crippen molar-refractivity contribution >= 4 is 29.3 Å². The molecule has 112 valence electrons. The minimum Gasteiger partial charge on any atom is -0.399 e. The molecule has 3 heteroatoms. The summed E-state index contributed by atoms with van der Waals surface area (Å²) in [7, 11) is 0. The minimum atomic E-state index is 0.0219. The average Bonchev–Trinajstić information content (AvgIpc) is 2.51. The number of anilines is 2. The number of nitrogens with two attached hydrogens (primary N) is 2. The number of hydrogen-bond donors (Lipinski definition) is 2. The number of rotatable bonds is 4. The number of nitrogen functional groups attached to an aromatic ring is 2. The molecule has 0 radical (unpaired) electrons. The highest BCUT2D eigenvalue weighted by molar-refractivity contribution is 6.12. The van der Waals surface area contributed by atoms with Crippen LogP contribution < -0.4 is 11.5 Å². The lowest BCUT2D eigenvalue weighted by atomic mass is 10.0. The van der Waals surface area contributed by atoms with Gasteiger partial charge in [0.2, 0.25) is 0 Å². The molecular weight excluding hydrogens is 272 g/mol. The van der Waals surface area contributed by atoms with Gasteiger partial charge in [-0.3, -0.25) is 4.79 Å². The monoisotopic (exact) mass is 292 g/mol. The Labute approximate surface area is 131 Å². The van der Waals surface area contributed by atoms with E-state index in [1.165, 1.54) is 0 Å². The summed E-state index contributed by atoms with van der Waals surface area (Å²) in [6, 6.07) is 14.9. The normalized spacial score (nSPS) is 12.3. The molecule has 0 amide bonds. The molecule has 22 heavy (non-hydrogen) atoms. The van der Waals surface area contributed by atoms with Gasteiger partial charge in [-0.05, 0) is 72.5 Å². The first kappa shape index (κ1) is 15.6. The fourth-order valence-corrected chi connectivity index (χ4v) is 2.13. The Hall–Kier alpha value is -2.81. The summed E-state index contributed by atoms with van der Waals surface area (Å²) < 4.78 is 0. The van der Waals surface area contributed by atoms with Crippen molar-refractivity contribution in [2.24, 2.45) is 0 Å². The van der Waals surface area contributed by atoms with Crippen LogP contribution in [-0.4, -0.2) is 5.78 Å². The van der Waals surface area contributed by atoms with E-state index in [4.69, 9.17) is 11.5 Å². The van der Waals surface area contributed by atoms with E-state index in [1.54, 1.807) is 0 Å². The van der Waals surface area contributed by atoms with E-state index in [0.29, 0.717) is 22.5 Å². The zero-order chi connectivity index (χ0) is 16.1. The number of Topliss-reactive ketones (excluding diaryl/α,β-unsaturated/α-hetero) is 1. The van der Waals surface area contributed by atoms with Gasteiger partial charge in [-0.25, -0.2) is 0 Å². The summed E-state index contributed by atoms with van der Waals surface area (Å²) in [5, 5.41) is 0. The molecular formula is C19H20N2O. The van der Waals surface area contributed by atoms with Crippen LogP contribution in [0.25, 0.3) is 12.2 Å². The number of carbonyl (C=O) groups is 1. The molecule has 0 saturated heterocycles. The van der Waals surface area contributed by atoms with Crippen molar-refractivity contribution in [2.45, 2.75) is 13.8 Å². The second kappa shape index (κ2) is 6.76. The molecule has 0 heterocycles. The molecule has 2 rings (SSSR count). The van der Waals surface area contributed by atoms with Gasteiger partial charge >= 0.3 is 0 Å². The number of ketones is 1. The third-order valence-electron chi connectivity index (χ3n) is 3.36. The predicted octanol–water partition coefficient (Wildman–Crippen LogP) is 3.93. The Morgan fingerprint density at radius 1 is 0.727 bits per heavy atom. The predicted molar refractivity (Wildman–Crippen MR) is 94.0 cm³/mol. The molecule has 0 aliphatic carbocycles. The van der Waals surface area contributed by atoms with Crippen LogP contribution in [0.3, 0.4) is 0 Å². The maximum atomic E-state index is 12.4. The smallest absolute Gasteiger partial charge is 0.184 e. The Bertz CT molecular complexity index is 660. The molecule has 2 aromatic carbocycles. The van der Waals surface area contributed by atoms with E-state index < -0.39 is 0 Å². The molecule has 0 unspecified atom stereocenters. The van der Waals surface area contributed by atoms with E-state index in [1.807, 2.05) is 74.5 Å². The van der Waals surface area contributed by atoms with E-state index >= 15 is 0 Å². The van der Waals surface area contributed by atoms with E-state index in [2.05, 4.69) is 0 Å². The van der Waals surface area contributed by atoms with Crippen LogP contribution in [0.1, 0.15) is 25.0 Å². The van der Waals surface area contributed by atoms with Crippen molar-refractivity contribution in [1.29, 1.82) is 0 Å². The van der Waals surface area contributed by atoms with Gasteiger partial charge in [-0.15, -0.1) is 0 Å². The number of allylic oxidation sites excluding steroid dienone is 2. The van der Waals surface area contributed by atoms with Crippen LogP contribution in [0.5, 0.6) is 0 Å². The molecule has 0 aliphatic rings. The van der Waals surface area contributed by atoms with Crippen molar-refractivity contribution < 1.29 is 4.79 Å². The molecule has 0 atom stereocenters. The quantitative estimate of drug-likeness (QED) is 0.662. The SMILES string of the molecule is CC(=Cc1ccc(N)cc1)C(=O)C(C)=Cc1ccc(N)cc1. The topological polar surface area (TPSA) is 69.1 Å². The summed E-state index contributed by atoms with van der Waals surface area (Å²) in [6.45, 7) is 3.64. The number of benzene rings is 2. The van der Waals surface area contributed by atoms with Gasteiger partial charge in [-0.2, -0.15) is 0 Å². The Morgan fingerprint density at radius 2 is 1.05 bits per heavy atom. The summed E-state index contributed by atoms with van der Waals surface area (Å²) >= 11 is 0. The van der Waals surface area contributed by atoms with Crippen LogP contribution in [0.4, 0.5) is 11.4 Å². The Kier molecular flexibility index (Phi) is 4.79. The van der Waals surface area contributed by atoms with E-state index in [0.717, 1.165) is 11.1 Å². The van der Waals surface area contributed by atoms with Crippen LogP contribution >= 0.6 is 0 Å². The largest absolute Gasteiger partial charge is 0.399 e. The Morgan fingerprint density at radius 3 is 1.36 bits per heavy atom. The lowest BCUT2D eigenvalue weighted by molar-refractivity contribution is -0.112. The van der Waals surface area contributed by atoms with Gasteiger partial charge < -0.3 is 11.5 Å². The van der Waals surface area contributed by atoms with Gasteiger partial charge in [0.05, 0.1) is 0 Å². The molecule has 0 bridgehead atoms. The zero-order valence-electron chi connectivity index (χ0n) is 12.8. The summed E-state index contributed by atoms with van der Waals surface area (Å²) in [6.07, 6.45) is 3.73. The Balaban J connectivity index is 2.18. The lowest BCUT2D eigenvalue weighted by Gasteiger charge is -2.03. The molecule has 0 saturated carbocycles. The van der Waals surface area contributed by atoms with Gasteiger partial charge in [0, 0.05) is 11.4 Å². The first-order chi connectivity index (χ1) is 10.5. The second-order valence-electron chi connectivity index (χ2n) is 5.32. The van der Waals surface area contributed by atoms with Crippen molar-refractivity contribution in [1.82, 2.24) is 0 Å². The highest BCUT2D eigenvalue weighted by Crippen LogP contribution is 2.16. The average molecular weight is 292 g/mol. The zero-order valence-corrected chi connectivity index (χ0v) is 12.8. The maximum absolute atomic E-state index is 12.4. The lowest BCUT2D eigenvalue weighted by Crippen LogP contribution is -2.01. The number of hydrogen-bond acceptors (Lipinski definition) is 3. The van der Waals surface area contributed by atoms with Crippen LogP contribution in [0, 0.1) is 0 Å². The first-order valence-electron chi connectivity index (χ1n) is 7.08. The van der Waals surface area contributed by atoms with Crippen LogP contribution in [0.2, 0.25) is 0 Å². The fraction of sp³-hybridized carbons (Fsp3) is 0.105. The molecule has 2 aromatic rings. The van der Waals surface area contributed by atoms with Gasteiger partial charge in [0.15, 0.2) is 5.78 Å². The standard InChI is InChI=1S/C19H20N2O/c1-13(11-15-3-7-17(20)8-4-15)19(22)14(2)12-16-5-9-18(21)10-6-16/h3-12H,20-21H2,1-2H3. The third-order valence-corrected chi connectivity index (χ3v) is 3.36. The second-order valence-corrected chi connectivity index (χ2v) is 5.32. The van der Waals surface area contributed by atoms with Gasteiger partial charge in [0.1, 0.15) is 0 Å². The molecule has 0 fully saturated rings. The van der Waals surface area contributed by atoms with Crippen molar-refractivity contribution in [3.05, 3.63) is 70.8 Å². The van der Waals surface area contributed by atoms with Gasteiger partial charge in [-0.1, -0.05) is 24.3 Å². The maximum Gasteiger partial charge on any atom is 0.184 e. The summed E-state index contributed by atoms with van der Waals surface area (Å²) in [4.78, 5) is 12.4. The van der Waals surface area contributed by atoms with E-state index in [9.17, 15) is 4.79 Å². The molecule has 0 aliphatic heterocycles. The molecule has 3 nitrogen and oxygen atoms in total. The van der Waals surface area contributed by atoms with Crippen LogP contribution in [-0.2, 0) is 4.79 Å². The van der Waals surface area contributed by atoms with Gasteiger partial charge in [0.25, 0.3) is 0 Å². The highest BCUT2D eigenvalue weighted by atomic mass is 16.1. The first-order valence-corrected chi connectivity index (χ1v) is 7.08. The molecule has 0 aromatic heterocycles. The summed E-state index contributed by atoms with van der Waals surface area (Å²) in [5.74, 6) is 0.0219. The van der Waals surface area contributed by atoms with Crippen LogP contribution in [0.15, 0.2) is 59.7 Å². The number of carbonyl (C=O) groups excluding carboxylic acids is 1. The molecule has 4 N–H and O–H groups in total. The minimum absolute atomic E-state index is 0.0219. The van der Waals surface area contributed by atoms with Crippen molar-refractivity contribution in [2.75, 3.05) is 11.5 Å². The van der Waals surface area contributed by atoms with Crippen molar-refractivity contribution in [3.8, 4) is 0 Å². The highest BCUT2D eigenvalue weighted by Gasteiger charge is 2.07. The van der Waals surface area contributed by atoms with E-state index in [-0.39, 0.29) is 5.78 Å². The fourth-order valence-electron chi connectivity index (χ4n) is 2.13. The molecule has 0 spiro atoms. The van der Waals surface area contributed by atoms with Crippen molar-refractivity contribution in [3.63, 3.8) is 0 Å². The summed E-state index contributed by atoms with van der Waals surface area (Å²) in [5.41, 5.74) is 16.0. The third kappa shape index (κ3) is 4.09.